The maximum Gasteiger partial charge on any atom is 0.122 e. The second kappa shape index (κ2) is 5.89. The first-order chi connectivity index (χ1) is 9.19. The van der Waals surface area contributed by atoms with E-state index in [1.807, 2.05) is 61.5 Å². The number of aliphatic hydroxyl groups is 1. The highest BCUT2D eigenvalue weighted by Crippen LogP contribution is 2.32. The minimum absolute atomic E-state index is 0.553. The van der Waals surface area contributed by atoms with Crippen molar-refractivity contribution in [3.05, 3.63) is 65.7 Å². The van der Waals surface area contributed by atoms with E-state index >= 15 is 0 Å². The summed E-state index contributed by atoms with van der Waals surface area (Å²) in [5.74, 6) is 0.824. The van der Waals surface area contributed by atoms with Crippen LogP contribution in [0.3, 0.4) is 0 Å². The fourth-order valence-electron chi connectivity index (χ4n) is 2.34. The molecule has 2 nitrogen and oxygen atoms in total. The third-order valence-electron chi connectivity index (χ3n) is 3.57. The summed E-state index contributed by atoms with van der Waals surface area (Å²) in [4.78, 5) is 0. The van der Waals surface area contributed by atoms with Gasteiger partial charge in [0, 0.05) is 6.42 Å². The van der Waals surface area contributed by atoms with E-state index in [1.54, 1.807) is 7.11 Å². The molecule has 0 aromatic heterocycles. The average Bonchev–Trinajstić information content (AvgIpc) is 2.48. The van der Waals surface area contributed by atoms with Crippen LogP contribution in [0.25, 0.3) is 0 Å². The molecule has 2 aromatic rings. The van der Waals surface area contributed by atoms with Gasteiger partial charge in [0.2, 0.25) is 0 Å². The predicted molar refractivity (Wildman–Crippen MR) is 77.3 cm³/mol. The van der Waals surface area contributed by atoms with Gasteiger partial charge in [0.1, 0.15) is 5.75 Å². The van der Waals surface area contributed by atoms with Crippen molar-refractivity contribution in [2.45, 2.75) is 25.4 Å². The molecule has 0 aliphatic heterocycles. The maximum absolute atomic E-state index is 10.9. The molecule has 0 radical (unpaired) electrons. The van der Waals surface area contributed by atoms with Crippen LogP contribution < -0.4 is 4.74 Å². The summed E-state index contributed by atoms with van der Waals surface area (Å²) in [6.45, 7) is 2.00. The minimum Gasteiger partial charge on any atom is -0.496 e. The van der Waals surface area contributed by atoms with Crippen LogP contribution in [0.1, 0.15) is 24.5 Å². The summed E-state index contributed by atoms with van der Waals surface area (Å²) in [6, 6.07) is 17.7. The number of hydrogen-bond acceptors (Lipinski definition) is 2. The first-order valence-corrected chi connectivity index (χ1v) is 6.59. The topological polar surface area (TPSA) is 29.5 Å². The fourth-order valence-corrected chi connectivity index (χ4v) is 2.34. The summed E-state index contributed by atoms with van der Waals surface area (Å²) >= 11 is 0. The highest BCUT2D eigenvalue weighted by atomic mass is 16.5. The zero-order valence-electron chi connectivity index (χ0n) is 11.5. The molecule has 0 bridgehead atoms. The third-order valence-corrected chi connectivity index (χ3v) is 3.57. The Morgan fingerprint density at radius 1 is 1.00 bits per heavy atom. The Balaban J connectivity index is 2.33. The number of para-hydroxylation sites is 1. The summed E-state index contributed by atoms with van der Waals surface area (Å²) in [5.41, 5.74) is 1.12. The van der Waals surface area contributed by atoms with Crippen molar-refractivity contribution >= 4 is 0 Å². The van der Waals surface area contributed by atoms with Gasteiger partial charge in [-0.2, -0.15) is 0 Å². The van der Waals surface area contributed by atoms with Crippen LogP contribution in [0.4, 0.5) is 0 Å². The van der Waals surface area contributed by atoms with Crippen molar-refractivity contribution in [1.29, 1.82) is 0 Å². The molecule has 0 aliphatic rings. The van der Waals surface area contributed by atoms with Gasteiger partial charge in [0.15, 0.2) is 0 Å². The van der Waals surface area contributed by atoms with E-state index in [-0.39, 0.29) is 0 Å². The average molecular weight is 256 g/mol. The number of methoxy groups -OCH3 is 1. The number of ether oxygens (including phenoxy) is 1. The van der Waals surface area contributed by atoms with Crippen LogP contribution >= 0.6 is 0 Å². The molecule has 0 spiro atoms. The molecule has 0 heterocycles. The Hall–Kier alpha value is -1.80. The largest absolute Gasteiger partial charge is 0.496 e. The highest BCUT2D eigenvalue weighted by molar-refractivity contribution is 5.36. The first kappa shape index (κ1) is 13.6. The highest BCUT2D eigenvalue weighted by Gasteiger charge is 2.28. The monoisotopic (exact) mass is 256 g/mol. The summed E-state index contributed by atoms with van der Waals surface area (Å²) in [6.07, 6.45) is 1.21. The third kappa shape index (κ3) is 2.96. The van der Waals surface area contributed by atoms with Crippen molar-refractivity contribution in [1.82, 2.24) is 0 Å². The van der Waals surface area contributed by atoms with Crippen LogP contribution in [0.15, 0.2) is 54.6 Å². The molecule has 0 amide bonds. The van der Waals surface area contributed by atoms with E-state index in [2.05, 4.69) is 0 Å². The van der Waals surface area contributed by atoms with Gasteiger partial charge in [0.05, 0.1) is 12.7 Å². The van der Waals surface area contributed by atoms with E-state index < -0.39 is 5.60 Å². The molecule has 1 N–H and O–H groups in total. The van der Waals surface area contributed by atoms with E-state index in [0.717, 1.165) is 16.9 Å². The second-order valence-electron chi connectivity index (χ2n) is 4.74. The fraction of sp³-hybridized carbons (Fsp3) is 0.294. The van der Waals surface area contributed by atoms with Crippen LogP contribution in [0, 0.1) is 0 Å². The van der Waals surface area contributed by atoms with Gasteiger partial charge in [-0.1, -0.05) is 55.5 Å². The Kier molecular flexibility index (Phi) is 4.23. The minimum atomic E-state index is -0.851. The quantitative estimate of drug-likeness (QED) is 0.886. The maximum atomic E-state index is 10.9. The lowest BCUT2D eigenvalue weighted by atomic mass is 9.85. The van der Waals surface area contributed by atoms with Gasteiger partial charge in [0.25, 0.3) is 0 Å². The first-order valence-electron chi connectivity index (χ1n) is 6.59. The second-order valence-corrected chi connectivity index (χ2v) is 4.74. The Labute approximate surface area is 114 Å². The summed E-state index contributed by atoms with van der Waals surface area (Å²) in [7, 11) is 1.66. The Morgan fingerprint density at radius 2 is 1.63 bits per heavy atom. The number of hydrogen-bond donors (Lipinski definition) is 1. The molecular weight excluding hydrogens is 236 g/mol. The van der Waals surface area contributed by atoms with Gasteiger partial charge in [-0.25, -0.2) is 0 Å². The number of rotatable bonds is 5. The van der Waals surface area contributed by atoms with Crippen LogP contribution in [0.5, 0.6) is 5.75 Å². The zero-order valence-corrected chi connectivity index (χ0v) is 11.5. The van der Waals surface area contributed by atoms with E-state index in [0.29, 0.717) is 12.8 Å². The van der Waals surface area contributed by atoms with Crippen molar-refractivity contribution in [3.63, 3.8) is 0 Å². The van der Waals surface area contributed by atoms with E-state index in [9.17, 15) is 5.11 Å². The van der Waals surface area contributed by atoms with Crippen molar-refractivity contribution in [3.8, 4) is 5.75 Å². The van der Waals surface area contributed by atoms with Gasteiger partial charge >= 0.3 is 0 Å². The lowest BCUT2D eigenvalue weighted by Gasteiger charge is -2.28. The molecule has 0 aliphatic carbocycles. The summed E-state index contributed by atoms with van der Waals surface area (Å²) < 4.78 is 5.36. The SMILES string of the molecule is CCC(O)(Cc1ccccc1OC)c1ccccc1. The van der Waals surface area contributed by atoms with E-state index in [1.165, 1.54) is 0 Å². The molecule has 19 heavy (non-hydrogen) atoms. The lowest BCUT2D eigenvalue weighted by molar-refractivity contribution is 0.0322. The predicted octanol–water partition coefficient (Wildman–Crippen LogP) is 3.54. The Morgan fingerprint density at radius 3 is 2.26 bits per heavy atom. The molecule has 0 fully saturated rings. The summed E-state index contributed by atoms with van der Waals surface area (Å²) in [5, 5.41) is 10.9. The van der Waals surface area contributed by atoms with Crippen LogP contribution in [-0.2, 0) is 12.0 Å². The molecule has 2 heteroatoms. The molecular formula is C17H20O2. The van der Waals surface area contributed by atoms with Gasteiger partial charge in [-0.3, -0.25) is 0 Å². The molecule has 2 rings (SSSR count). The smallest absolute Gasteiger partial charge is 0.122 e. The lowest BCUT2D eigenvalue weighted by Crippen LogP contribution is -2.27. The van der Waals surface area contributed by atoms with Crippen molar-refractivity contribution in [2.24, 2.45) is 0 Å². The normalized spacial score (nSPS) is 13.8. The molecule has 2 aromatic carbocycles. The van der Waals surface area contributed by atoms with Gasteiger partial charge < -0.3 is 9.84 Å². The van der Waals surface area contributed by atoms with Crippen LogP contribution in [-0.4, -0.2) is 12.2 Å². The standard InChI is InChI=1S/C17H20O2/c1-3-17(18,15-10-5-4-6-11-15)13-14-9-7-8-12-16(14)19-2/h4-12,18H,3,13H2,1-2H3. The number of benzene rings is 2. The van der Waals surface area contributed by atoms with Crippen molar-refractivity contribution < 1.29 is 9.84 Å². The molecule has 100 valence electrons. The van der Waals surface area contributed by atoms with Gasteiger partial charge in [-0.15, -0.1) is 0 Å². The molecule has 1 unspecified atom stereocenters. The Bertz CT molecular complexity index is 522. The molecule has 0 saturated heterocycles. The zero-order chi connectivity index (χ0) is 13.7. The molecule has 1 atom stereocenters. The molecule has 0 saturated carbocycles. The van der Waals surface area contributed by atoms with E-state index in [4.69, 9.17) is 4.74 Å². The van der Waals surface area contributed by atoms with Crippen molar-refractivity contribution in [2.75, 3.05) is 7.11 Å². The van der Waals surface area contributed by atoms with Crippen LogP contribution in [0.2, 0.25) is 0 Å². The van der Waals surface area contributed by atoms with Gasteiger partial charge in [-0.05, 0) is 23.6 Å².